The number of carbonyl (C=O) groups is 1. The Balaban J connectivity index is 1.89. The van der Waals surface area contributed by atoms with Crippen molar-refractivity contribution in [1.82, 2.24) is 14.3 Å². The lowest BCUT2D eigenvalue weighted by Crippen LogP contribution is -2.26. The van der Waals surface area contributed by atoms with Crippen LogP contribution >= 0.6 is 11.5 Å². The van der Waals surface area contributed by atoms with E-state index >= 15 is 0 Å². The molecule has 0 aliphatic carbocycles. The number of aromatic nitrogens is 2. The van der Waals surface area contributed by atoms with Crippen molar-refractivity contribution >= 4 is 28.3 Å². The van der Waals surface area contributed by atoms with Gasteiger partial charge in [0, 0.05) is 29.0 Å². The lowest BCUT2D eigenvalue weighted by molar-refractivity contribution is 0.0781. The third kappa shape index (κ3) is 2.56. The third-order valence-corrected chi connectivity index (χ3v) is 4.53. The SMILES string of the molecule is Cc1ccc2[nH]c(C(=O)N(C)Cc3ccns3)cc2c1C. The molecule has 0 unspecified atom stereocenters. The maximum Gasteiger partial charge on any atom is 0.270 e. The molecule has 0 bridgehead atoms. The highest BCUT2D eigenvalue weighted by atomic mass is 32.1. The van der Waals surface area contributed by atoms with Gasteiger partial charge in [-0.3, -0.25) is 4.79 Å². The van der Waals surface area contributed by atoms with Crippen LogP contribution in [0.3, 0.4) is 0 Å². The number of nitrogens with zero attached hydrogens (tertiary/aromatic N) is 2. The first-order valence-electron chi connectivity index (χ1n) is 6.80. The van der Waals surface area contributed by atoms with E-state index in [1.165, 1.54) is 22.7 Å². The Morgan fingerprint density at radius 3 is 2.86 bits per heavy atom. The van der Waals surface area contributed by atoms with E-state index in [-0.39, 0.29) is 5.91 Å². The second-order valence-corrected chi connectivity index (χ2v) is 6.21. The molecule has 0 saturated heterocycles. The van der Waals surface area contributed by atoms with Gasteiger partial charge in [-0.05, 0) is 54.7 Å². The maximum atomic E-state index is 12.5. The molecular formula is C16H17N3OS. The summed E-state index contributed by atoms with van der Waals surface area (Å²) in [4.78, 5) is 18.5. The van der Waals surface area contributed by atoms with Gasteiger partial charge in [-0.25, -0.2) is 4.37 Å². The zero-order chi connectivity index (χ0) is 15.0. The quantitative estimate of drug-likeness (QED) is 0.804. The first kappa shape index (κ1) is 13.8. The first-order valence-corrected chi connectivity index (χ1v) is 7.57. The molecule has 0 aliphatic rings. The van der Waals surface area contributed by atoms with Crippen LogP contribution in [0.15, 0.2) is 30.5 Å². The van der Waals surface area contributed by atoms with E-state index in [0.29, 0.717) is 12.2 Å². The monoisotopic (exact) mass is 299 g/mol. The molecule has 0 atom stereocenters. The van der Waals surface area contributed by atoms with Crippen LogP contribution in [0.4, 0.5) is 0 Å². The smallest absolute Gasteiger partial charge is 0.270 e. The van der Waals surface area contributed by atoms with Crippen molar-refractivity contribution in [3.8, 4) is 0 Å². The highest BCUT2D eigenvalue weighted by Gasteiger charge is 2.16. The second-order valence-electron chi connectivity index (χ2n) is 5.29. The standard InChI is InChI=1S/C16H17N3OS/c1-10-4-5-14-13(11(10)2)8-15(18-14)16(20)19(3)9-12-6-7-17-21-12/h4-8,18H,9H2,1-3H3. The highest BCUT2D eigenvalue weighted by molar-refractivity contribution is 7.05. The fraction of sp³-hybridized carbons (Fsp3) is 0.250. The Kier molecular flexibility index (Phi) is 3.51. The van der Waals surface area contributed by atoms with E-state index in [1.807, 2.05) is 25.2 Å². The minimum Gasteiger partial charge on any atom is -0.351 e. The van der Waals surface area contributed by atoms with Crippen molar-refractivity contribution in [1.29, 1.82) is 0 Å². The Bertz CT molecular complexity index is 789. The number of aromatic amines is 1. The fourth-order valence-electron chi connectivity index (χ4n) is 2.41. The normalized spacial score (nSPS) is 11.0. The van der Waals surface area contributed by atoms with Gasteiger partial charge < -0.3 is 9.88 Å². The number of aryl methyl sites for hydroxylation is 2. The second kappa shape index (κ2) is 5.33. The number of hydrogen-bond acceptors (Lipinski definition) is 3. The van der Waals surface area contributed by atoms with Gasteiger partial charge in [-0.2, -0.15) is 0 Å². The Hall–Kier alpha value is -2.14. The lowest BCUT2D eigenvalue weighted by atomic mass is 10.1. The molecule has 5 heteroatoms. The van der Waals surface area contributed by atoms with Crippen LogP contribution in [-0.4, -0.2) is 27.2 Å². The zero-order valence-electron chi connectivity index (χ0n) is 12.3. The Morgan fingerprint density at radius 2 is 2.14 bits per heavy atom. The third-order valence-electron chi connectivity index (χ3n) is 3.81. The average molecular weight is 299 g/mol. The molecule has 3 rings (SSSR count). The molecule has 4 nitrogen and oxygen atoms in total. The number of carbonyl (C=O) groups excluding carboxylic acids is 1. The summed E-state index contributed by atoms with van der Waals surface area (Å²) >= 11 is 1.42. The van der Waals surface area contributed by atoms with Gasteiger partial charge in [-0.15, -0.1) is 0 Å². The Labute approximate surface area is 127 Å². The van der Waals surface area contributed by atoms with Crippen molar-refractivity contribution in [2.45, 2.75) is 20.4 Å². The molecule has 2 aromatic heterocycles. The summed E-state index contributed by atoms with van der Waals surface area (Å²) in [5.41, 5.74) is 4.09. The summed E-state index contributed by atoms with van der Waals surface area (Å²) in [6.45, 7) is 4.75. The van der Waals surface area contributed by atoms with Crippen LogP contribution in [0, 0.1) is 13.8 Å². The van der Waals surface area contributed by atoms with E-state index in [1.54, 1.807) is 11.1 Å². The van der Waals surface area contributed by atoms with Crippen LogP contribution in [0.1, 0.15) is 26.5 Å². The van der Waals surface area contributed by atoms with Crippen molar-refractivity contribution in [2.75, 3.05) is 7.05 Å². The summed E-state index contributed by atoms with van der Waals surface area (Å²) < 4.78 is 4.06. The van der Waals surface area contributed by atoms with E-state index in [4.69, 9.17) is 0 Å². The molecule has 0 saturated carbocycles. The van der Waals surface area contributed by atoms with Gasteiger partial charge in [0.25, 0.3) is 5.91 Å². The molecule has 0 aliphatic heterocycles. The molecule has 0 spiro atoms. The molecule has 0 radical (unpaired) electrons. The van der Waals surface area contributed by atoms with Gasteiger partial charge in [0.05, 0.1) is 6.54 Å². The van der Waals surface area contributed by atoms with Crippen molar-refractivity contribution in [3.05, 3.63) is 52.2 Å². The summed E-state index contributed by atoms with van der Waals surface area (Å²) in [5, 5.41) is 1.12. The van der Waals surface area contributed by atoms with Gasteiger partial charge >= 0.3 is 0 Å². The molecule has 1 aromatic carbocycles. The largest absolute Gasteiger partial charge is 0.351 e. The van der Waals surface area contributed by atoms with Crippen LogP contribution in [-0.2, 0) is 6.54 Å². The number of amides is 1. The summed E-state index contributed by atoms with van der Waals surface area (Å²) in [5.74, 6) is -0.00310. The predicted molar refractivity (Wildman–Crippen MR) is 85.7 cm³/mol. The number of H-pyrrole nitrogens is 1. The minimum absolute atomic E-state index is 0.00310. The number of hydrogen-bond donors (Lipinski definition) is 1. The molecule has 1 amide bonds. The summed E-state index contributed by atoms with van der Waals surface area (Å²) in [7, 11) is 1.81. The molecule has 0 fully saturated rings. The van der Waals surface area contributed by atoms with Crippen molar-refractivity contribution < 1.29 is 4.79 Å². The molecule has 21 heavy (non-hydrogen) atoms. The molecule has 1 N–H and O–H groups in total. The van der Waals surface area contributed by atoms with Gasteiger partial charge in [0.15, 0.2) is 0 Å². The van der Waals surface area contributed by atoms with Crippen LogP contribution < -0.4 is 0 Å². The average Bonchev–Trinajstić information content (AvgIpc) is 3.11. The van der Waals surface area contributed by atoms with Gasteiger partial charge in [0.1, 0.15) is 5.69 Å². The van der Waals surface area contributed by atoms with Crippen molar-refractivity contribution in [3.63, 3.8) is 0 Å². The van der Waals surface area contributed by atoms with Gasteiger partial charge in [-0.1, -0.05) is 6.07 Å². The lowest BCUT2D eigenvalue weighted by Gasteiger charge is -2.14. The summed E-state index contributed by atoms with van der Waals surface area (Å²) in [6.07, 6.45) is 1.76. The number of rotatable bonds is 3. The molecule has 108 valence electrons. The fourth-order valence-corrected chi connectivity index (χ4v) is 3.04. The van der Waals surface area contributed by atoms with E-state index < -0.39 is 0 Å². The molecular weight excluding hydrogens is 282 g/mol. The van der Waals surface area contributed by atoms with Crippen LogP contribution in [0.25, 0.3) is 10.9 Å². The minimum atomic E-state index is -0.00310. The van der Waals surface area contributed by atoms with Crippen molar-refractivity contribution in [2.24, 2.45) is 0 Å². The van der Waals surface area contributed by atoms with E-state index in [2.05, 4.69) is 29.3 Å². The van der Waals surface area contributed by atoms with Gasteiger partial charge in [0.2, 0.25) is 0 Å². The number of fused-ring (bicyclic) bond motifs is 1. The topological polar surface area (TPSA) is 49.0 Å². The van der Waals surface area contributed by atoms with Crippen LogP contribution in [0.5, 0.6) is 0 Å². The zero-order valence-corrected chi connectivity index (χ0v) is 13.1. The predicted octanol–water partition coefficient (Wildman–Crippen LogP) is 3.51. The maximum absolute atomic E-state index is 12.5. The molecule has 2 heterocycles. The Morgan fingerprint density at radius 1 is 1.33 bits per heavy atom. The van der Waals surface area contributed by atoms with E-state index in [0.717, 1.165) is 15.8 Å². The number of benzene rings is 1. The summed E-state index contributed by atoms with van der Waals surface area (Å²) in [6, 6.07) is 7.98. The van der Waals surface area contributed by atoms with E-state index in [9.17, 15) is 4.79 Å². The first-order chi connectivity index (χ1) is 10.1. The highest BCUT2D eigenvalue weighted by Crippen LogP contribution is 2.23. The van der Waals surface area contributed by atoms with Crippen LogP contribution in [0.2, 0.25) is 0 Å². The molecule has 3 aromatic rings. The number of nitrogens with one attached hydrogen (secondary N) is 1.